The number of carbonyl (C=O) groups is 2. The van der Waals surface area contributed by atoms with Gasteiger partial charge in [0.2, 0.25) is 0 Å². The fourth-order valence-corrected chi connectivity index (χ4v) is 1.33. The molecule has 0 fully saturated rings. The highest BCUT2D eigenvalue weighted by molar-refractivity contribution is 5.71. The number of carboxylic acid groups (broad SMARTS) is 1. The largest absolute Gasteiger partial charge is 0.481 e. The normalized spacial score (nSPS) is 14.9. The molecule has 0 aromatic carbocycles. The number of hydrogen-bond acceptors (Lipinski definition) is 3. The molecule has 1 amide bonds. The fraction of sp³-hybridized carbons (Fsp3) is 0.833. The van der Waals surface area contributed by atoms with Gasteiger partial charge in [0, 0.05) is 6.04 Å². The summed E-state index contributed by atoms with van der Waals surface area (Å²) in [4.78, 5) is 22.2. The zero-order valence-corrected chi connectivity index (χ0v) is 11.2. The van der Waals surface area contributed by atoms with Gasteiger partial charge < -0.3 is 15.2 Å². The summed E-state index contributed by atoms with van der Waals surface area (Å²) in [5.41, 5.74) is -0.576. The number of amides is 1. The Labute approximate surface area is 103 Å². The highest BCUT2D eigenvalue weighted by Crippen LogP contribution is 2.13. The number of hydrogen-bond donors (Lipinski definition) is 2. The third-order valence-corrected chi connectivity index (χ3v) is 2.43. The molecule has 2 atom stereocenters. The standard InChI is InChI=1S/C12H23NO4/c1-6-8(2)9(7-10(14)15)13-11(16)17-12(3,4)5/h8-9H,6-7H2,1-5H3,(H,13,16)(H,14,15)/t8-,9?/m1/s1. The molecule has 0 heterocycles. The van der Waals surface area contributed by atoms with Gasteiger partial charge in [-0.2, -0.15) is 0 Å². The molecule has 0 aromatic heterocycles. The molecule has 0 aliphatic heterocycles. The summed E-state index contributed by atoms with van der Waals surface area (Å²) in [6.45, 7) is 9.16. The first-order valence-electron chi connectivity index (χ1n) is 5.87. The van der Waals surface area contributed by atoms with Crippen molar-refractivity contribution in [1.82, 2.24) is 5.32 Å². The van der Waals surface area contributed by atoms with Crippen molar-refractivity contribution in [3.63, 3.8) is 0 Å². The van der Waals surface area contributed by atoms with Crippen LogP contribution in [-0.4, -0.2) is 28.8 Å². The molecule has 0 radical (unpaired) electrons. The first-order chi connectivity index (χ1) is 7.65. The van der Waals surface area contributed by atoms with Crippen LogP contribution in [0, 0.1) is 5.92 Å². The lowest BCUT2D eigenvalue weighted by molar-refractivity contribution is -0.137. The Morgan fingerprint density at radius 1 is 1.35 bits per heavy atom. The van der Waals surface area contributed by atoms with E-state index in [0.29, 0.717) is 0 Å². The van der Waals surface area contributed by atoms with Crippen LogP contribution in [0.4, 0.5) is 4.79 Å². The maximum atomic E-state index is 11.5. The fourth-order valence-electron chi connectivity index (χ4n) is 1.33. The predicted molar refractivity (Wildman–Crippen MR) is 64.9 cm³/mol. The Morgan fingerprint density at radius 3 is 2.24 bits per heavy atom. The van der Waals surface area contributed by atoms with E-state index in [4.69, 9.17) is 9.84 Å². The lowest BCUT2D eigenvalue weighted by Gasteiger charge is -2.25. The number of aliphatic carboxylic acids is 1. The monoisotopic (exact) mass is 245 g/mol. The minimum atomic E-state index is -0.925. The number of carboxylic acids is 1. The zero-order valence-electron chi connectivity index (χ0n) is 11.2. The molecular formula is C12H23NO4. The van der Waals surface area contributed by atoms with Gasteiger partial charge in [0.1, 0.15) is 5.60 Å². The molecular weight excluding hydrogens is 222 g/mol. The average Bonchev–Trinajstić information content (AvgIpc) is 2.11. The Bertz CT molecular complexity index is 270. The topological polar surface area (TPSA) is 75.6 Å². The van der Waals surface area contributed by atoms with Gasteiger partial charge in [0.05, 0.1) is 6.42 Å². The van der Waals surface area contributed by atoms with Crippen LogP contribution in [0.15, 0.2) is 0 Å². The summed E-state index contributed by atoms with van der Waals surface area (Å²) in [6, 6.07) is -0.396. The number of carbonyl (C=O) groups excluding carboxylic acids is 1. The second-order valence-corrected chi connectivity index (χ2v) is 5.24. The molecule has 5 heteroatoms. The van der Waals surface area contributed by atoms with Crippen LogP contribution in [0.25, 0.3) is 0 Å². The van der Waals surface area contributed by atoms with Gasteiger partial charge in [0.15, 0.2) is 0 Å². The van der Waals surface area contributed by atoms with E-state index in [-0.39, 0.29) is 12.3 Å². The molecule has 17 heavy (non-hydrogen) atoms. The van der Waals surface area contributed by atoms with Crippen molar-refractivity contribution < 1.29 is 19.4 Å². The maximum Gasteiger partial charge on any atom is 0.407 e. The predicted octanol–water partition coefficient (Wildman–Crippen LogP) is 2.40. The van der Waals surface area contributed by atoms with Crippen molar-refractivity contribution in [1.29, 1.82) is 0 Å². The molecule has 0 aliphatic rings. The number of rotatable bonds is 5. The van der Waals surface area contributed by atoms with Gasteiger partial charge in [-0.3, -0.25) is 4.79 Å². The molecule has 0 aliphatic carbocycles. The molecule has 5 nitrogen and oxygen atoms in total. The molecule has 0 rings (SSSR count). The minimum absolute atomic E-state index is 0.0890. The van der Waals surface area contributed by atoms with Gasteiger partial charge in [-0.15, -0.1) is 0 Å². The third-order valence-electron chi connectivity index (χ3n) is 2.43. The second kappa shape index (κ2) is 6.47. The van der Waals surface area contributed by atoms with Gasteiger partial charge in [0.25, 0.3) is 0 Å². The van der Waals surface area contributed by atoms with E-state index in [1.54, 1.807) is 20.8 Å². The van der Waals surface area contributed by atoms with Crippen molar-refractivity contribution >= 4 is 12.1 Å². The Balaban J connectivity index is 4.42. The van der Waals surface area contributed by atoms with E-state index >= 15 is 0 Å². The lowest BCUT2D eigenvalue weighted by Crippen LogP contribution is -2.43. The van der Waals surface area contributed by atoms with Crippen molar-refractivity contribution in [3.8, 4) is 0 Å². The molecule has 0 aromatic rings. The zero-order chi connectivity index (χ0) is 13.6. The smallest absolute Gasteiger partial charge is 0.407 e. The Hall–Kier alpha value is -1.26. The highest BCUT2D eigenvalue weighted by Gasteiger charge is 2.24. The second-order valence-electron chi connectivity index (χ2n) is 5.24. The number of ether oxygens (including phenoxy) is 1. The van der Waals surface area contributed by atoms with E-state index in [1.807, 2.05) is 13.8 Å². The summed E-state index contributed by atoms with van der Waals surface area (Å²) in [5, 5.41) is 11.4. The van der Waals surface area contributed by atoms with Crippen LogP contribution in [0.5, 0.6) is 0 Å². The Morgan fingerprint density at radius 2 is 1.88 bits per heavy atom. The number of nitrogens with one attached hydrogen (secondary N) is 1. The van der Waals surface area contributed by atoms with E-state index < -0.39 is 23.7 Å². The molecule has 0 bridgehead atoms. The molecule has 0 spiro atoms. The van der Waals surface area contributed by atoms with Crippen molar-refractivity contribution in [2.75, 3.05) is 0 Å². The van der Waals surface area contributed by atoms with Crippen molar-refractivity contribution in [3.05, 3.63) is 0 Å². The third kappa shape index (κ3) is 7.60. The molecule has 0 saturated carbocycles. The van der Waals surface area contributed by atoms with Gasteiger partial charge in [-0.1, -0.05) is 20.3 Å². The number of alkyl carbamates (subject to hydrolysis) is 1. The first-order valence-corrected chi connectivity index (χ1v) is 5.87. The van der Waals surface area contributed by atoms with Crippen LogP contribution in [-0.2, 0) is 9.53 Å². The maximum absolute atomic E-state index is 11.5. The van der Waals surface area contributed by atoms with Crippen LogP contribution >= 0.6 is 0 Å². The molecule has 0 saturated heterocycles. The quantitative estimate of drug-likeness (QED) is 0.779. The van der Waals surface area contributed by atoms with E-state index in [0.717, 1.165) is 6.42 Å². The molecule has 2 N–H and O–H groups in total. The van der Waals surface area contributed by atoms with E-state index in [2.05, 4.69) is 5.32 Å². The summed E-state index contributed by atoms with van der Waals surface area (Å²) in [5.74, 6) is -0.829. The van der Waals surface area contributed by atoms with Crippen LogP contribution in [0.2, 0.25) is 0 Å². The van der Waals surface area contributed by atoms with E-state index in [1.165, 1.54) is 0 Å². The lowest BCUT2D eigenvalue weighted by atomic mass is 9.96. The molecule has 1 unspecified atom stereocenters. The van der Waals surface area contributed by atoms with E-state index in [9.17, 15) is 9.59 Å². The van der Waals surface area contributed by atoms with Crippen LogP contribution in [0.1, 0.15) is 47.5 Å². The van der Waals surface area contributed by atoms with Gasteiger partial charge in [-0.05, 0) is 26.7 Å². The van der Waals surface area contributed by atoms with Crippen LogP contribution in [0.3, 0.4) is 0 Å². The van der Waals surface area contributed by atoms with Gasteiger partial charge in [-0.25, -0.2) is 4.79 Å². The molecule has 100 valence electrons. The summed E-state index contributed by atoms with van der Waals surface area (Å²) in [7, 11) is 0. The first kappa shape index (κ1) is 15.7. The highest BCUT2D eigenvalue weighted by atomic mass is 16.6. The SMILES string of the molecule is CC[C@@H](C)C(CC(=O)O)NC(=O)OC(C)(C)C. The van der Waals surface area contributed by atoms with Crippen molar-refractivity contribution in [2.45, 2.75) is 59.1 Å². The summed E-state index contributed by atoms with van der Waals surface area (Å²) >= 11 is 0. The Kier molecular flexibility index (Phi) is 5.99. The van der Waals surface area contributed by atoms with Crippen LogP contribution < -0.4 is 5.32 Å². The minimum Gasteiger partial charge on any atom is -0.481 e. The average molecular weight is 245 g/mol. The van der Waals surface area contributed by atoms with Crippen molar-refractivity contribution in [2.24, 2.45) is 5.92 Å². The van der Waals surface area contributed by atoms with Gasteiger partial charge >= 0.3 is 12.1 Å². The summed E-state index contributed by atoms with van der Waals surface area (Å²) < 4.78 is 5.10. The summed E-state index contributed by atoms with van der Waals surface area (Å²) in [6.07, 6.45) is 0.145.